The van der Waals surface area contributed by atoms with E-state index in [0.717, 1.165) is 28.7 Å². The standard InChI is InChI=1S/C19H26N4OS2/c1-13(18(24)22(2)14-7-4-3-5-8-14)26-19-21-20-17(16-9-6-12-25-16)23(19)15-10-11-15/h6,9,12-15H,3-5,7-8,10-11H2,1-2H3/t13-/m0/s1. The summed E-state index contributed by atoms with van der Waals surface area (Å²) in [5, 5.41) is 11.7. The Morgan fingerprint density at radius 3 is 2.69 bits per heavy atom. The first kappa shape index (κ1) is 18.0. The molecule has 0 aromatic carbocycles. The van der Waals surface area contributed by atoms with Gasteiger partial charge in [-0.05, 0) is 44.1 Å². The highest BCUT2D eigenvalue weighted by atomic mass is 32.2. The van der Waals surface area contributed by atoms with Crippen LogP contribution in [0.25, 0.3) is 10.7 Å². The molecule has 0 saturated heterocycles. The minimum Gasteiger partial charge on any atom is -0.342 e. The van der Waals surface area contributed by atoms with Crippen LogP contribution in [0.1, 0.15) is 57.9 Å². The fraction of sp³-hybridized carbons (Fsp3) is 0.632. The normalized spacial score (nSPS) is 19.5. The highest BCUT2D eigenvalue weighted by Gasteiger charge is 2.33. The zero-order chi connectivity index (χ0) is 18.1. The van der Waals surface area contributed by atoms with Crippen LogP contribution in [0.4, 0.5) is 0 Å². The van der Waals surface area contributed by atoms with E-state index in [1.54, 1.807) is 23.1 Å². The first-order chi connectivity index (χ1) is 12.6. The Hall–Kier alpha value is -1.34. The molecule has 0 unspecified atom stereocenters. The average molecular weight is 391 g/mol. The van der Waals surface area contributed by atoms with Crippen LogP contribution in [0.2, 0.25) is 0 Å². The number of aromatic nitrogens is 3. The van der Waals surface area contributed by atoms with Crippen molar-refractivity contribution in [3.63, 3.8) is 0 Å². The molecule has 1 atom stereocenters. The molecule has 7 heteroatoms. The molecule has 2 aliphatic rings. The van der Waals surface area contributed by atoms with Gasteiger partial charge >= 0.3 is 0 Å². The summed E-state index contributed by atoms with van der Waals surface area (Å²) < 4.78 is 2.25. The van der Waals surface area contributed by atoms with Gasteiger partial charge in [-0.15, -0.1) is 21.5 Å². The summed E-state index contributed by atoms with van der Waals surface area (Å²) in [7, 11) is 1.97. The second kappa shape index (κ2) is 7.72. The van der Waals surface area contributed by atoms with Gasteiger partial charge in [0.25, 0.3) is 0 Å². The molecule has 2 aliphatic carbocycles. The van der Waals surface area contributed by atoms with Crippen LogP contribution < -0.4 is 0 Å². The highest BCUT2D eigenvalue weighted by Crippen LogP contribution is 2.42. The third-order valence-electron chi connectivity index (χ3n) is 5.42. The molecular weight excluding hydrogens is 364 g/mol. The number of carbonyl (C=O) groups is 1. The van der Waals surface area contributed by atoms with E-state index in [0.29, 0.717) is 12.1 Å². The fourth-order valence-corrected chi connectivity index (χ4v) is 5.46. The smallest absolute Gasteiger partial charge is 0.235 e. The third-order valence-corrected chi connectivity index (χ3v) is 7.33. The van der Waals surface area contributed by atoms with Gasteiger partial charge < -0.3 is 4.90 Å². The predicted octanol–water partition coefficient (Wildman–Crippen LogP) is 4.61. The maximum atomic E-state index is 12.9. The van der Waals surface area contributed by atoms with Crippen molar-refractivity contribution in [2.45, 2.75) is 74.4 Å². The number of amides is 1. The highest BCUT2D eigenvalue weighted by molar-refractivity contribution is 8.00. The minimum absolute atomic E-state index is 0.139. The second-order valence-electron chi connectivity index (χ2n) is 7.39. The summed E-state index contributed by atoms with van der Waals surface area (Å²) in [5.41, 5.74) is 0. The van der Waals surface area contributed by atoms with Crippen molar-refractivity contribution in [1.82, 2.24) is 19.7 Å². The summed E-state index contributed by atoms with van der Waals surface area (Å²) in [5.74, 6) is 1.16. The molecule has 1 amide bonds. The Morgan fingerprint density at radius 2 is 2.04 bits per heavy atom. The van der Waals surface area contributed by atoms with E-state index in [2.05, 4.69) is 26.2 Å². The first-order valence-electron chi connectivity index (χ1n) is 9.57. The molecule has 0 aliphatic heterocycles. The van der Waals surface area contributed by atoms with Crippen LogP contribution in [0.15, 0.2) is 22.7 Å². The summed E-state index contributed by atoms with van der Waals surface area (Å²) in [6.07, 6.45) is 8.41. The molecule has 2 fully saturated rings. The van der Waals surface area contributed by atoms with Crippen LogP contribution >= 0.6 is 23.1 Å². The molecule has 5 nitrogen and oxygen atoms in total. The topological polar surface area (TPSA) is 51.0 Å². The van der Waals surface area contributed by atoms with E-state index < -0.39 is 0 Å². The van der Waals surface area contributed by atoms with Crippen molar-refractivity contribution in [2.24, 2.45) is 0 Å². The molecule has 2 heterocycles. The Morgan fingerprint density at radius 1 is 1.27 bits per heavy atom. The van der Waals surface area contributed by atoms with E-state index in [1.165, 1.54) is 32.1 Å². The lowest BCUT2D eigenvalue weighted by Gasteiger charge is -2.32. The van der Waals surface area contributed by atoms with Gasteiger partial charge in [-0.1, -0.05) is 37.1 Å². The number of hydrogen-bond acceptors (Lipinski definition) is 5. The van der Waals surface area contributed by atoms with Crippen molar-refractivity contribution in [1.29, 1.82) is 0 Å². The van der Waals surface area contributed by atoms with E-state index in [9.17, 15) is 4.79 Å². The van der Waals surface area contributed by atoms with E-state index in [4.69, 9.17) is 0 Å². The van der Waals surface area contributed by atoms with Crippen LogP contribution in [0.5, 0.6) is 0 Å². The lowest BCUT2D eigenvalue weighted by molar-refractivity contribution is -0.131. The third kappa shape index (κ3) is 3.69. The minimum atomic E-state index is -0.139. The van der Waals surface area contributed by atoms with Gasteiger partial charge in [0.2, 0.25) is 5.91 Å². The molecule has 26 heavy (non-hydrogen) atoms. The van der Waals surface area contributed by atoms with Crippen molar-refractivity contribution in [2.75, 3.05) is 7.05 Å². The van der Waals surface area contributed by atoms with Crippen molar-refractivity contribution in [3.8, 4) is 10.7 Å². The largest absolute Gasteiger partial charge is 0.342 e. The zero-order valence-electron chi connectivity index (χ0n) is 15.4. The van der Waals surface area contributed by atoms with Gasteiger partial charge in [0.15, 0.2) is 11.0 Å². The number of nitrogens with zero attached hydrogens (tertiary/aromatic N) is 4. The Bertz CT molecular complexity index is 748. The monoisotopic (exact) mass is 390 g/mol. The summed E-state index contributed by atoms with van der Waals surface area (Å²) >= 11 is 3.25. The van der Waals surface area contributed by atoms with Gasteiger partial charge in [-0.3, -0.25) is 9.36 Å². The van der Waals surface area contributed by atoms with Crippen LogP contribution in [-0.2, 0) is 4.79 Å². The quantitative estimate of drug-likeness (QED) is 0.676. The van der Waals surface area contributed by atoms with Crippen molar-refractivity contribution >= 4 is 29.0 Å². The molecule has 4 rings (SSSR count). The molecule has 140 valence electrons. The van der Waals surface area contributed by atoms with E-state index >= 15 is 0 Å². The van der Waals surface area contributed by atoms with Gasteiger partial charge in [0.05, 0.1) is 10.1 Å². The van der Waals surface area contributed by atoms with Crippen LogP contribution in [-0.4, -0.2) is 43.9 Å². The molecule has 0 spiro atoms. The molecule has 2 aromatic heterocycles. The maximum Gasteiger partial charge on any atom is 0.235 e. The zero-order valence-corrected chi connectivity index (χ0v) is 17.1. The summed E-state index contributed by atoms with van der Waals surface area (Å²) in [6, 6.07) is 5.03. The van der Waals surface area contributed by atoms with Crippen LogP contribution in [0, 0.1) is 0 Å². The van der Waals surface area contributed by atoms with Gasteiger partial charge in [-0.2, -0.15) is 0 Å². The average Bonchev–Trinajstić information content (AvgIpc) is 3.19. The van der Waals surface area contributed by atoms with E-state index in [-0.39, 0.29) is 11.2 Å². The van der Waals surface area contributed by atoms with Gasteiger partial charge in [0, 0.05) is 19.1 Å². The number of carbonyl (C=O) groups excluding carboxylic acids is 1. The van der Waals surface area contributed by atoms with Crippen molar-refractivity contribution in [3.05, 3.63) is 17.5 Å². The lowest BCUT2D eigenvalue weighted by atomic mass is 9.94. The number of thiophene rings is 1. The van der Waals surface area contributed by atoms with Crippen molar-refractivity contribution < 1.29 is 4.79 Å². The number of rotatable bonds is 6. The number of hydrogen-bond donors (Lipinski definition) is 0. The summed E-state index contributed by atoms with van der Waals surface area (Å²) in [6.45, 7) is 2.00. The molecule has 2 saturated carbocycles. The van der Waals surface area contributed by atoms with Gasteiger partial charge in [-0.25, -0.2) is 0 Å². The van der Waals surface area contributed by atoms with Crippen LogP contribution in [0.3, 0.4) is 0 Å². The Balaban J connectivity index is 1.49. The number of thioether (sulfide) groups is 1. The molecule has 0 radical (unpaired) electrons. The second-order valence-corrected chi connectivity index (χ2v) is 9.64. The van der Waals surface area contributed by atoms with E-state index in [1.807, 2.05) is 24.9 Å². The molecule has 2 aromatic rings. The summed E-state index contributed by atoms with van der Waals surface area (Å²) in [4.78, 5) is 16.1. The molecule has 0 N–H and O–H groups in total. The Kier molecular flexibility index (Phi) is 5.36. The first-order valence-corrected chi connectivity index (χ1v) is 11.3. The Labute approximate surface area is 163 Å². The molecular formula is C19H26N4OS2. The lowest BCUT2D eigenvalue weighted by Crippen LogP contribution is -2.42. The predicted molar refractivity (Wildman–Crippen MR) is 107 cm³/mol. The maximum absolute atomic E-state index is 12.9. The molecule has 0 bridgehead atoms. The fourth-order valence-electron chi connectivity index (χ4n) is 3.74. The van der Waals surface area contributed by atoms with Gasteiger partial charge in [0.1, 0.15) is 0 Å². The SMILES string of the molecule is C[C@H](Sc1nnc(-c2cccs2)n1C1CC1)C(=O)N(C)C1CCCCC1.